The Balaban J connectivity index is 1.88. The number of amides is 1. The van der Waals surface area contributed by atoms with Crippen molar-refractivity contribution in [1.29, 1.82) is 0 Å². The fourth-order valence-corrected chi connectivity index (χ4v) is 1.93. The monoisotopic (exact) mass is 283 g/mol. The van der Waals surface area contributed by atoms with E-state index < -0.39 is 0 Å². The van der Waals surface area contributed by atoms with E-state index in [0.717, 1.165) is 11.1 Å². The Kier molecular flexibility index (Phi) is 3.27. The van der Waals surface area contributed by atoms with E-state index in [0.29, 0.717) is 17.3 Å². The molecule has 6 nitrogen and oxygen atoms in total. The maximum absolute atomic E-state index is 12.1. The number of hydrogen-bond donors (Lipinski definition) is 1. The van der Waals surface area contributed by atoms with Crippen molar-refractivity contribution in [1.82, 2.24) is 10.2 Å². The minimum absolute atomic E-state index is 0.273. The number of carbonyl (C=O) groups excluding carboxylic acids is 1. The summed E-state index contributed by atoms with van der Waals surface area (Å²) >= 11 is 0. The molecular weight excluding hydrogens is 270 g/mol. The summed E-state index contributed by atoms with van der Waals surface area (Å²) in [4.78, 5) is 12.1. The highest BCUT2D eigenvalue weighted by Gasteiger charge is 2.13. The van der Waals surface area contributed by atoms with Gasteiger partial charge in [0.05, 0.1) is 0 Å². The van der Waals surface area contributed by atoms with Crippen LogP contribution >= 0.6 is 0 Å². The first-order chi connectivity index (χ1) is 10.1. The molecule has 0 fully saturated rings. The lowest BCUT2D eigenvalue weighted by molar-refractivity contribution is 0.0995. The number of furan rings is 1. The fourth-order valence-electron chi connectivity index (χ4n) is 1.93. The number of aromatic nitrogens is 2. The van der Waals surface area contributed by atoms with Gasteiger partial charge in [0.2, 0.25) is 12.3 Å². The zero-order valence-corrected chi connectivity index (χ0v) is 11.6. The van der Waals surface area contributed by atoms with E-state index in [4.69, 9.17) is 8.83 Å². The van der Waals surface area contributed by atoms with Crippen molar-refractivity contribution >= 4 is 11.6 Å². The van der Waals surface area contributed by atoms with E-state index in [1.165, 1.54) is 6.39 Å². The number of hydrogen-bond acceptors (Lipinski definition) is 5. The van der Waals surface area contributed by atoms with Gasteiger partial charge in [-0.3, -0.25) is 4.79 Å². The molecule has 3 rings (SSSR count). The lowest BCUT2D eigenvalue weighted by Crippen LogP contribution is -2.11. The van der Waals surface area contributed by atoms with Crippen LogP contribution in [0.25, 0.3) is 11.5 Å². The van der Waals surface area contributed by atoms with Crippen LogP contribution in [0.4, 0.5) is 5.69 Å². The summed E-state index contributed by atoms with van der Waals surface area (Å²) in [5.41, 5.74) is 2.34. The molecule has 6 heteroatoms. The minimum Gasteiger partial charge on any atom is -0.456 e. The number of carbonyl (C=O) groups is 1. The number of benzene rings is 1. The molecule has 0 aliphatic rings. The topological polar surface area (TPSA) is 81.2 Å². The van der Waals surface area contributed by atoms with Crippen LogP contribution in [0.2, 0.25) is 0 Å². The van der Waals surface area contributed by atoms with Crippen molar-refractivity contribution in [3.8, 4) is 11.5 Å². The van der Waals surface area contributed by atoms with Crippen LogP contribution in [0, 0.1) is 13.8 Å². The zero-order chi connectivity index (χ0) is 14.8. The second kappa shape index (κ2) is 5.24. The number of rotatable bonds is 3. The van der Waals surface area contributed by atoms with Crippen molar-refractivity contribution in [2.45, 2.75) is 13.8 Å². The van der Waals surface area contributed by atoms with Crippen molar-refractivity contribution < 1.29 is 13.6 Å². The number of nitrogens with one attached hydrogen (secondary N) is 1. The molecule has 0 aliphatic heterocycles. The molecule has 0 saturated heterocycles. The molecule has 0 atom stereocenters. The Labute approximate surface area is 120 Å². The van der Waals surface area contributed by atoms with Gasteiger partial charge in [0.25, 0.3) is 5.91 Å². The molecule has 0 spiro atoms. The lowest BCUT2D eigenvalue weighted by atomic mass is 10.1. The van der Waals surface area contributed by atoms with Gasteiger partial charge in [-0.05, 0) is 43.7 Å². The van der Waals surface area contributed by atoms with Crippen LogP contribution in [0.1, 0.15) is 21.9 Å². The molecule has 0 aliphatic carbocycles. The number of aryl methyl sites for hydroxylation is 2. The highest BCUT2D eigenvalue weighted by Crippen LogP contribution is 2.24. The standard InChI is InChI=1S/C15H13N3O3/c1-9-3-5-11(15-18-16-8-20-15)7-12(9)17-14(19)13-6-4-10(2)21-13/h3-8H,1-2H3,(H,17,19). The van der Waals surface area contributed by atoms with Gasteiger partial charge in [-0.1, -0.05) is 6.07 Å². The normalized spacial score (nSPS) is 10.6. The fraction of sp³-hybridized carbons (Fsp3) is 0.133. The van der Waals surface area contributed by atoms with E-state index >= 15 is 0 Å². The summed E-state index contributed by atoms with van der Waals surface area (Å²) < 4.78 is 10.5. The van der Waals surface area contributed by atoms with E-state index in [2.05, 4.69) is 15.5 Å². The van der Waals surface area contributed by atoms with Gasteiger partial charge >= 0.3 is 0 Å². The quantitative estimate of drug-likeness (QED) is 0.798. The lowest BCUT2D eigenvalue weighted by Gasteiger charge is -2.08. The van der Waals surface area contributed by atoms with Gasteiger partial charge in [-0.2, -0.15) is 0 Å². The zero-order valence-electron chi connectivity index (χ0n) is 11.6. The highest BCUT2D eigenvalue weighted by molar-refractivity contribution is 6.03. The summed E-state index contributed by atoms with van der Waals surface area (Å²) in [5.74, 6) is 1.07. The third-order valence-electron chi connectivity index (χ3n) is 3.06. The van der Waals surface area contributed by atoms with E-state index in [-0.39, 0.29) is 11.7 Å². The molecule has 2 aromatic heterocycles. The first-order valence-electron chi connectivity index (χ1n) is 6.38. The number of anilines is 1. The van der Waals surface area contributed by atoms with Gasteiger partial charge in [0.1, 0.15) is 5.76 Å². The molecule has 2 heterocycles. The Bertz CT molecular complexity index is 775. The van der Waals surface area contributed by atoms with E-state index in [1.54, 1.807) is 25.1 Å². The van der Waals surface area contributed by atoms with Crippen LogP contribution in [-0.4, -0.2) is 16.1 Å². The van der Waals surface area contributed by atoms with Gasteiger partial charge < -0.3 is 14.2 Å². The smallest absolute Gasteiger partial charge is 0.291 e. The van der Waals surface area contributed by atoms with Crippen molar-refractivity contribution in [2.24, 2.45) is 0 Å². The van der Waals surface area contributed by atoms with Crippen LogP contribution in [0.3, 0.4) is 0 Å². The molecule has 0 saturated carbocycles. The van der Waals surface area contributed by atoms with Crippen LogP contribution < -0.4 is 5.32 Å². The van der Waals surface area contributed by atoms with Crippen molar-refractivity contribution in [3.63, 3.8) is 0 Å². The Hall–Kier alpha value is -2.89. The summed E-state index contributed by atoms with van der Waals surface area (Å²) in [6.45, 7) is 3.69. The second-order valence-electron chi connectivity index (χ2n) is 4.64. The molecule has 1 aromatic carbocycles. The predicted octanol–water partition coefficient (Wildman–Crippen LogP) is 3.20. The SMILES string of the molecule is Cc1ccc(C(=O)Nc2cc(-c3nnco3)ccc2C)o1. The third kappa shape index (κ3) is 2.69. The van der Waals surface area contributed by atoms with E-state index in [1.807, 2.05) is 19.1 Å². The Morgan fingerprint density at radius 3 is 2.71 bits per heavy atom. The van der Waals surface area contributed by atoms with Crippen LogP contribution in [-0.2, 0) is 0 Å². The Morgan fingerprint density at radius 2 is 2.05 bits per heavy atom. The average molecular weight is 283 g/mol. The van der Waals surface area contributed by atoms with Crippen LogP contribution in [0.15, 0.2) is 45.6 Å². The molecule has 0 radical (unpaired) electrons. The second-order valence-corrected chi connectivity index (χ2v) is 4.64. The Morgan fingerprint density at radius 1 is 1.19 bits per heavy atom. The van der Waals surface area contributed by atoms with Crippen LogP contribution in [0.5, 0.6) is 0 Å². The number of nitrogens with zero attached hydrogens (tertiary/aromatic N) is 2. The maximum Gasteiger partial charge on any atom is 0.291 e. The summed E-state index contributed by atoms with van der Waals surface area (Å²) in [6.07, 6.45) is 1.26. The summed E-state index contributed by atoms with van der Waals surface area (Å²) in [6, 6.07) is 8.91. The third-order valence-corrected chi connectivity index (χ3v) is 3.06. The molecule has 0 bridgehead atoms. The molecular formula is C15H13N3O3. The molecule has 21 heavy (non-hydrogen) atoms. The summed E-state index contributed by atoms with van der Waals surface area (Å²) in [7, 11) is 0. The predicted molar refractivity (Wildman–Crippen MR) is 75.9 cm³/mol. The first-order valence-corrected chi connectivity index (χ1v) is 6.38. The molecule has 0 unspecified atom stereocenters. The molecule has 3 aromatic rings. The maximum atomic E-state index is 12.1. The van der Waals surface area contributed by atoms with Gasteiger partial charge in [-0.25, -0.2) is 0 Å². The largest absolute Gasteiger partial charge is 0.456 e. The van der Waals surface area contributed by atoms with Gasteiger partial charge in [0.15, 0.2) is 5.76 Å². The highest BCUT2D eigenvalue weighted by atomic mass is 16.4. The molecule has 1 N–H and O–H groups in total. The average Bonchev–Trinajstić information content (AvgIpc) is 3.12. The minimum atomic E-state index is -0.297. The van der Waals surface area contributed by atoms with Gasteiger partial charge in [0, 0.05) is 11.3 Å². The summed E-state index contributed by atoms with van der Waals surface area (Å²) in [5, 5.41) is 10.3. The van der Waals surface area contributed by atoms with Crippen molar-refractivity contribution in [2.75, 3.05) is 5.32 Å². The van der Waals surface area contributed by atoms with Gasteiger partial charge in [-0.15, -0.1) is 10.2 Å². The molecule has 106 valence electrons. The molecule has 1 amide bonds. The van der Waals surface area contributed by atoms with Crippen molar-refractivity contribution in [3.05, 3.63) is 53.8 Å². The first kappa shape index (κ1) is 13.1. The van der Waals surface area contributed by atoms with E-state index in [9.17, 15) is 4.79 Å².